The Labute approximate surface area is 194 Å². The van der Waals surface area contributed by atoms with Crippen LogP contribution in [-0.4, -0.2) is 26.3 Å². The molecule has 32 heavy (non-hydrogen) atoms. The van der Waals surface area contributed by atoms with Crippen LogP contribution < -0.4 is 0 Å². The summed E-state index contributed by atoms with van der Waals surface area (Å²) in [6.07, 6.45) is 3.41. The second-order valence-electron chi connectivity index (χ2n) is 10.4. The summed E-state index contributed by atoms with van der Waals surface area (Å²) in [6, 6.07) is 15.2. The van der Waals surface area contributed by atoms with E-state index in [2.05, 4.69) is 0 Å². The quantitative estimate of drug-likeness (QED) is 0.393. The van der Waals surface area contributed by atoms with Gasteiger partial charge in [-0.2, -0.15) is 0 Å². The van der Waals surface area contributed by atoms with Crippen LogP contribution in [-0.2, 0) is 28.6 Å². The summed E-state index contributed by atoms with van der Waals surface area (Å²) in [5.74, 6) is 0.109. The first-order valence-electron chi connectivity index (χ1n) is 10.8. The molecule has 1 heterocycles. The monoisotopic (exact) mass is 451 g/mol. The fourth-order valence-corrected chi connectivity index (χ4v) is 4.58. The number of hydrogen-bond acceptors (Lipinski definition) is 3. The normalized spacial score (nSPS) is 13.2. The summed E-state index contributed by atoms with van der Waals surface area (Å²) >= 11 is -1.24. The van der Waals surface area contributed by atoms with E-state index in [4.69, 9.17) is 0 Å². The highest BCUT2D eigenvalue weighted by Gasteiger charge is 2.29. The van der Waals surface area contributed by atoms with Crippen LogP contribution in [0, 0.1) is 0 Å². The average Bonchev–Trinajstić information content (AvgIpc) is 3.10. The molecule has 2 aromatic carbocycles. The van der Waals surface area contributed by atoms with E-state index in [0.29, 0.717) is 22.7 Å². The Kier molecular flexibility index (Phi) is 6.64. The third kappa shape index (κ3) is 5.11. The van der Waals surface area contributed by atoms with Gasteiger partial charge in [0.2, 0.25) is 5.03 Å². The van der Waals surface area contributed by atoms with Crippen molar-refractivity contribution in [3.05, 3.63) is 82.5 Å². The Hall–Kier alpha value is -2.50. The van der Waals surface area contributed by atoms with Gasteiger partial charge in [-0.3, -0.25) is 4.79 Å². The fourth-order valence-electron chi connectivity index (χ4n) is 3.84. The van der Waals surface area contributed by atoms with Crippen molar-refractivity contribution in [1.82, 2.24) is 4.57 Å². The van der Waals surface area contributed by atoms with Crippen LogP contribution in [0.1, 0.15) is 74.2 Å². The summed E-state index contributed by atoms with van der Waals surface area (Å²) in [7, 11) is 0. The molecule has 0 saturated heterocycles. The Morgan fingerprint density at radius 2 is 1.47 bits per heavy atom. The number of benzene rings is 2. The molecule has 0 aliphatic carbocycles. The largest absolute Gasteiger partial charge is 0.610 e. The van der Waals surface area contributed by atoms with Crippen LogP contribution in [0.3, 0.4) is 0 Å². The number of phenolic OH excluding ortho intramolecular Hbond substituents is 1. The van der Waals surface area contributed by atoms with E-state index < -0.39 is 11.2 Å². The van der Waals surface area contributed by atoms with E-state index >= 15 is 0 Å². The van der Waals surface area contributed by atoms with Crippen LogP contribution >= 0.6 is 0 Å². The number of carbonyl (C=O) groups is 1. The molecule has 0 bridgehead atoms. The lowest BCUT2D eigenvalue weighted by atomic mass is 9.78. The molecule has 0 fully saturated rings. The lowest BCUT2D eigenvalue weighted by Gasteiger charge is -2.28. The van der Waals surface area contributed by atoms with Gasteiger partial charge in [0.15, 0.2) is 5.78 Å². The van der Waals surface area contributed by atoms with E-state index in [1.807, 2.05) is 76.4 Å². The number of aromatic nitrogens is 1. The van der Waals surface area contributed by atoms with Gasteiger partial charge in [0.1, 0.15) is 12.0 Å². The second-order valence-corrected chi connectivity index (χ2v) is 11.7. The first-order valence-corrected chi connectivity index (χ1v) is 12.3. The number of rotatable bonds is 5. The van der Waals surface area contributed by atoms with Crippen molar-refractivity contribution in [1.29, 1.82) is 0 Å². The highest BCUT2D eigenvalue weighted by Crippen LogP contribution is 2.40. The highest BCUT2D eigenvalue weighted by molar-refractivity contribution is 7.90. The lowest BCUT2D eigenvalue weighted by Crippen LogP contribution is -2.19. The third-order valence-corrected chi connectivity index (χ3v) is 6.54. The van der Waals surface area contributed by atoms with E-state index in [1.165, 1.54) is 0 Å². The minimum atomic E-state index is -1.24. The summed E-state index contributed by atoms with van der Waals surface area (Å²) in [5.41, 5.74) is 2.95. The van der Waals surface area contributed by atoms with E-state index in [9.17, 15) is 14.5 Å². The van der Waals surface area contributed by atoms with Crippen molar-refractivity contribution < 1.29 is 14.5 Å². The first-order chi connectivity index (χ1) is 14.8. The molecule has 1 N–H and O–H groups in total. The van der Waals surface area contributed by atoms with Crippen molar-refractivity contribution >= 4 is 17.0 Å². The molecule has 0 aliphatic rings. The molecular weight excluding hydrogens is 418 g/mol. The molecule has 3 aromatic rings. The topological polar surface area (TPSA) is 65.3 Å². The Bertz CT molecular complexity index is 1080. The van der Waals surface area contributed by atoms with Gasteiger partial charge in [-0.25, -0.2) is 0 Å². The van der Waals surface area contributed by atoms with Crippen LogP contribution in [0.2, 0.25) is 0 Å². The van der Waals surface area contributed by atoms with E-state index in [0.717, 1.165) is 16.7 Å². The zero-order valence-corrected chi connectivity index (χ0v) is 20.8. The maximum absolute atomic E-state index is 13.6. The van der Waals surface area contributed by atoms with Gasteiger partial charge in [-0.15, -0.1) is 0 Å². The number of phenols is 1. The van der Waals surface area contributed by atoms with Gasteiger partial charge in [0.05, 0.1) is 6.54 Å². The molecule has 0 spiro atoms. The predicted octanol–water partition coefficient (Wildman–Crippen LogP) is 5.81. The van der Waals surface area contributed by atoms with Gasteiger partial charge < -0.3 is 14.2 Å². The molecule has 4 nitrogen and oxygen atoms in total. The summed E-state index contributed by atoms with van der Waals surface area (Å²) < 4.78 is 14.3. The van der Waals surface area contributed by atoms with Gasteiger partial charge in [0, 0.05) is 34.5 Å². The number of aromatic hydroxyl groups is 1. The molecule has 1 unspecified atom stereocenters. The van der Waals surface area contributed by atoms with E-state index in [-0.39, 0.29) is 22.4 Å². The zero-order chi connectivity index (χ0) is 23.8. The molecule has 1 atom stereocenters. The smallest absolute Gasteiger partial charge is 0.226 e. The van der Waals surface area contributed by atoms with Crippen molar-refractivity contribution in [2.45, 2.75) is 63.9 Å². The molecule has 0 aliphatic heterocycles. The molecule has 170 valence electrons. The second kappa shape index (κ2) is 8.80. The minimum absolute atomic E-state index is 0.139. The van der Waals surface area contributed by atoms with Crippen molar-refractivity contribution in [3.63, 3.8) is 0 Å². The van der Waals surface area contributed by atoms with Crippen molar-refractivity contribution in [3.8, 4) is 5.75 Å². The molecular formula is C27H33NO3S. The Morgan fingerprint density at radius 3 is 1.94 bits per heavy atom. The van der Waals surface area contributed by atoms with Crippen LogP contribution in [0.4, 0.5) is 0 Å². The van der Waals surface area contributed by atoms with E-state index in [1.54, 1.807) is 30.7 Å². The fraction of sp³-hybridized carbons (Fsp3) is 0.370. The molecule has 5 heteroatoms. The standard InChI is InChI=1S/C27H33NO3S/c1-26(2,3)21-13-19(14-22(25(21)30)27(4,5)6)24(29)20-15-23(32(7)31)28(17-20)16-18-11-9-8-10-12-18/h8-15,17,30H,16H2,1-7H3. The van der Waals surface area contributed by atoms with Crippen LogP contribution in [0.15, 0.2) is 59.8 Å². The number of ketones is 1. The maximum atomic E-state index is 13.6. The zero-order valence-electron chi connectivity index (χ0n) is 20.0. The minimum Gasteiger partial charge on any atom is -0.610 e. The molecule has 0 amide bonds. The van der Waals surface area contributed by atoms with Gasteiger partial charge >= 0.3 is 0 Å². The SMILES string of the molecule is C[S+]([O-])c1cc(C(=O)c2cc(C(C)(C)C)c(O)c(C(C)(C)C)c2)cn1Cc1ccccc1. The highest BCUT2D eigenvalue weighted by atomic mass is 32.2. The lowest BCUT2D eigenvalue weighted by molar-refractivity contribution is 0.103. The molecule has 1 aromatic heterocycles. The van der Waals surface area contributed by atoms with Gasteiger partial charge in [-0.05, 0) is 39.7 Å². The molecule has 0 radical (unpaired) electrons. The van der Waals surface area contributed by atoms with Gasteiger partial charge in [-0.1, -0.05) is 71.9 Å². The number of nitrogens with zero attached hydrogens (tertiary/aromatic N) is 1. The molecule has 0 saturated carbocycles. The Balaban J connectivity index is 2.10. The van der Waals surface area contributed by atoms with Crippen molar-refractivity contribution in [2.75, 3.05) is 6.26 Å². The van der Waals surface area contributed by atoms with Crippen molar-refractivity contribution in [2.24, 2.45) is 0 Å². The summed E-state index contributed by atoms with van der Waals surface area (Å²) in [4.78, 5) is 13.6. The maximum Gasteiger partial charge on any atom is 0.226 e. The summed E-state index contributed by atoms with van der Waals surface area (Å²) in [6.45, 7) is 12.7. The average molecular weight is 452 g/mol. The van der Waals surface area contributed by atoms with Gasteiger partial charge in [0.25, 0.3) is 0 Å². The molecule has 3 rings (SSSR count). The number of carbonyl (C=O) groups excluding carboxylic acids is 1. The Morgan fingerprint density at radius 1 is 0.938 bits per heavy atom. The summed E-state index contributed by atoms with van der Waals surface area (Å²) in [5, 5.41) is 11.6. The first kappa shape index (κ1) is 24.1. The predicted molar refractivity (Wildman–Crippen MR) is 131 cm³/mol. The van der Waals surface area contributed by atoms with Crippen LogP contribution in [0.5, 0.6) is 5.75 Å². The third-order valence-electron chi connectivity index (χ3n) is 5.60. The number of hydrogen-bond donors (Lipinski definition) is 1. The van der Waals surface area contributed by atoms with Crippen LogP contribution in [0.25, 0.3) is 0 Å².